The second-order valence-corrected chi connectivity index (χ2v) is 50.8. The van der Waals surface area contributed by atoms with E-state index in [2.05, 4.69) is 214 Å². The van der Waals surface area contributed by atoms with Crippen molar-refractivity contribution in [2.45, 2.75) is 116 Å². The number of aromatic nitrogens is 3. The molecule has 16 aromatic rings. The molecule has 16 rings (SSSR count). The van der Waals surface area contributed by atoms with Crippen LogP contribution in [0.4, 0.5) is 56.9 Å². The third-order valence-corrected chi connectivity index (χ3v) is 40.7. The number of nitrogen functional groups attached to an aromatic ring is 4. The first-order valence-electron chi connectivity index (χ1n) is 47.2. The number of nitrogens with zero attached hydrogens (tertiary/aromatic N) is 4. The fourth-order valence-corrected chi connectivity index (χ4v) is 32.9. The summed E-state index contributed by atoms with van der Waals surface area (Å²) in [5, 5.41) is 54.1. The number of aromatic amines is 1. The molecule has 13 aromatic carbocycles. The molecule has 770 valence electrons. The summed E-state index contributed by atoms with van der Waals surface area (Å²) < 4.78 is 32.7. The number of amides is 4. The minimum atomic E-state index is -1.84. The summed E-state index contributed by atoms with van der Waals surface area (Å²) >= 11 is 14.9. The molecule has 29 nitrogen and oxygen atoms in total. The molecule has 3 heterocycles. The average molecular weight is 2250 g/mol. The van der Waals surface area contributed by atoms with Gasteiger partial charge >= 0.3 is 7.12 Å². The van der Waals surface area contributed by atoms with Crippen LogP contribution in [0.3, 0.4) is 0 Å². The fraction of sp³-hybridized carbons (Fsp3) is 0.205. The van der Waals surface area contributed by atoms with E-state index in [1.54, 1.807) is 180 Å². The number of hydrogen-bond donors (Lipinski definition) is 11. The van der Waals surface area contributed by atoms with Gasteiger partial charge in [0.25, 0.3) is 40.2 Å². The van der Waals surface area contributed by atoms with E-state index in [0.717, 1.165) is 47.5 Å². The second-order valence-electron chi connectivity index (χ2n) is 36.3. The molecule has 0 aliphatic carbocycles. The van der Waals surface area contributed by atoms with Gasteiger partial charge in [-0.2, -0.15) is 0 Å². The van der Waals surface area contributed by atoms with E-state index in [-0.39, 0.29) is 40.5 Å². The molecular weight excluding hydrogens is 2130 g/mol. The summed E-state index contributed by atoms with van der Waals surface area (Å²) in [6.45, 7) is 28.5. The Kier molecular flexibility index (Phi) is 41.2. The number of methoxy groups -OCH3 is 5. The topological polar surface area (TPSA) is 436 Å². The molecule has 0 saturated carbocycles. The van der Waals surface area contributed by atoms with Crippen molar-refractivity contribution in [3.63, 3.8) is 0 Å². The maximum absolute atomic E-state index is 12.8. The predicted molar refractivity (Wildman–Crippen MR) is 616 cm³/mol. The molecule has 3 aromatic heterocycles. The molecule has 0 aliphatic heterocycles. The Morgan fingerprint density at radius 2 is 0.649 bits per heavy atom. The number of H-pyrrole nitrogens is 1. The molecule has 0 unspecified atom stereocenters. The van der Waals surface area contributed by atoms with Crippen molar-refractivity contribution in [2.75, 3.05) is 79.8 Å². The van der Waals surface area contributed by atoms with Crippen LogP contribution in [0.2, 0.25) is 33.2 Å². The van der Waals surface area contributed by atoms with Gasteiger partial charge in [0.2, 0.25) is 0 Å². The van der Waals surface area contributed by atoms with Gasteiger partial charge in [-0.1, -0.05) is 167 Å². The Morgan fingerprint density at radius 1 is 0.351 bits per heavy atom. The lowest BCUT2D eigenvalue weighted by molar-refractivity contribution is -0.384. The molecule has 0 bridgehead atoms. The maximum Gasteiger partial charge on any atom is 0.488 e. The van der Waals surface area contributed by atoms with Crippen LogP contribution in [0.1, 0.15) is 135 Å². The van der Waals surface area contributed by atoms with E-state index in [9.17, 15) is 54.2 Å². The van der Waals surface area contributed by atoms with E-state index >= 15 is 0 Å². The number of carbonyl (C=O) groups excluding carboxylic acids is 5. The highest BCUT2D eigenvalue weighted by Crippen LogP contribution is 2.47. The summed E-state index contributed by atoms with van der Waals surface area (Å²) in [7, 11) is 2.85. The smallest absolute Gasteiger partial charge is 0.488 e. The number of carbonyl (C=O) groups is 5. The average Bonchev–Trinajstić information content (AvgIpc) is 1.65. The first-order valence-corrected chi connectivity index (χ1v) is 54.3. The van der Waals surface area contributed by atoms with E-state index < -0.39 is 44.6 Å². The van der Waals surface area contributed by atoms with Gasteiger partial charge in [-0.3, -0.25) is 44.2 Å². The molecule has 15 N–H and O–H groups in total. The zero-order valence-electron chi connectivity index (χ0n) is 85.1. The van der Waals surface area contributed by atoms with Gasteiger partial charge in [-0.05, 0) is 338 Å². The Balaban J connectivity index is 0.000000183. The minimum absolute atomic E-state index is 0.0619. The van der Waals surface area contributed by atoms with E-state index in [1.165, 1.54) is 47.8 Å². The largest absolute Gasteiger partial charge is 0.497 e. The summed E-state index contributed by atoms with van der Waals surface area (Å²) in [5.74, 6) is 2.38. The number of ether oxygens (including phenoxy) is 5. The second kappa shape index (κ2) is 53.0. The number of fused-ring (bicyclic) bond motifs is 3. The molecule has 0 atom stereocenters. The standard InChI is InChI=1S/C31H39N3O2Si.C22H19N3O2.C17H28BNO2Si.C14H11BrN2O4.C14H13BrN2O2.C8H7ClO2.C6H5BrN2O2/c1-20(2)37(21(3)4,22(5)6)34-17-16-26-18-24(11-15-30(26)34)25-10-14-28(32)29(19-25)33-31(35)23-8-12-27(36-7)13-9-23;1-27-18-6-2-14(3-7-18)22(26)25-21-13-16(4-8-19(21)23)15-5-9-20-17(12-15)10-11-24-20;1-12(2)22(13(3)4,14(5)6)19-10-9-15-11-16(18(20)21)7-8-17(15)19;1-21-11-5-2-9(3-6-11)14(18)16-12-8-10(15)4-7-13(12)17(19)20;1-19-11-5-2-9(3-6-11)14(18)17-13-8-10(15)4-7-12(13)16;1-11-7-4-2-6(3-5-7)8(9)10;7-4-1-2-6(9(10)11)5(8)3-4/h8-22H,32H2,1-7H3,(H,33,35);2-13,24H,23H2,1H3,(H,25,26);7-14,20-21H,1-6H3;2-8H,1H3,(H,16,18);2-8H,16H2,1H3,(H,17,18);2-5H,1H3;1-3H,8H2. The van der Waals surface area contributed by atoms with Crippen LogP contribution in [0.15, 0.2) is 317 Å². The molecule has 148 heavy (non-hydrogen) atoms. The monoisotopic (exact) mass is 2240 g/mol. The summed E-state index contributed by atoms with van der Waals surface area (Å²) in [6, 6.07) is 84.4. The zero-order valence-corrected chi connectivity index (χ0v) is 92.6. The van der Waals surface area contributed by atoms with Gasteiger partial charge in [0, 0.05) is 76.1 Å². The predicted octanol–water partition coefficient (Wildman–Crippen LogP) is 27.1. The highest BCUT2D eigenvalue weighted by atomic mass is 79.9. The number of nitro benzene ring substituents is 2. The van der Waals surface area contributed by atoms with Crippen LogP contribution in [0.5, 0.6) is 28.7 Å². The van der Waals surface area contributed by atoms with Gasteiger partial charge in [0.15, 0.2) is 16.5 Å². The first kappa shape index (κ1) is 115. The van der Waals surface area contributed by atoms with Crippen molar-refractivity contribution < 1.29 is 67.6 Å². The number of nitrogens with one attached hydrogen (secondary N) is 5. The maximum atomic E-state index is 12.8. The lowest BCUT2D eigenvalue weighted by Gasteiger charge is -2.44. The van der Waals surface area contributed by atoms with Crippen molar-refractivity contribution >= 4 is 207 Å². The van der Waals surface area contributed by atoms with Crippen molar-refractivity contribution in [2.24, 2.45) is 0 Å². The molecule has 0 saturated heterocycles. The Hall–Kier alpha value is -14.8. The number of halogens is 4. The first-order chi connectivity index (χ1) is 70.4. The third kappa shape index (κ3) is 28.9. The number of rotatable bonds is 27. The van der Waals surface area contributed by atoms with Crippen LogP contribution in [-0.2, 0) is 0 Å². The van der Waals surface area contributed by atoms with Crippen molar-refractivity contribution in [1.29, 1.82) is 0 Å². The number of anilines is 8. The quantitative estimate of drug-likeness (QED) is 0.00749. The zero-order chi connectivity index (χ0) is 108. The normalized spacial score (nSPS) is 11.0. The van der Waals surface area contributed by atoms with E-state index in [4.69, 9.17) is 58.2 Å². The number of nitro groups is 2. The Morgan fingerprint density at radius 3 is 1.00 bits per heavy atom. The number of nitrogens with two attached hydrogens (primary N) is 4. The minimum Gasteiger partial charge on any atom is -0.497 e. The fourth-order valence-electron chi connectivity index (χ4n) is 18.5. The third-order valence-electron chi connectivity index (χ3n) is 25.5. The molecule has 4 amide bonds. The SMILES string of the molecule is CC(C)[Si](C(C)C)(C(C)C)n1ccc2cc(B(O)O)ccc21.COc1ccc(C(=O)Cl)cc1.COc1ccc(C(=O)Nc2cc(-c3ccc4[nH]ccc4c3)ccc2N)cc1.COc1ccc(C(=O)Nc2cc(-c3ccc4c(ccn4[Si](C(C)C)(C(C)C)C(C)C)c3)ccc2N)cc1.COc1ccc(C(=O)Nc2cc(Br)ccc2N)cc1.COc1ccc(C(=O)Nc2cc(Br)ccc2[N+](=O)[O-])cc1.Nc1cc(Br)ccc1[N+](=O)[O-]. The summed E-state index contributed by atoms with van der Waals surface area (Å²) in [5.41, 5.74) is 41.4. The number of hydrogen-bond acceptors (Lipinski definition) is 20. The molecule has 0 fully saturated rings. The highest BCUT2D eigenvalue weighted by Gasteiger charge is 2.47. The summed E-state index contributed by atoms with van der Waals surface area (Å²) in [4.78, 5) is 83.4. The van der Waals surface area contributed by atoms with Crippen LogP contribution in [0, 0.1) is 20.2 Å². The van der Waals surface area contributed by atoms with E-state index in [0.29, 0.717) is 134 Å². The van der Waals surface area contributed by atoms with Gasteiger partial charge in [-0.15, -0.1) is 0 Å². The Bertz CT molecular complexity index is 7280. The van der Waals surface area contributed by atoms with Gasteiger partial charge in [0.05, 0.1) is 79.5 Å². The van der Waals surface area contributed by atoms with Crippen molar-refractivity contribution in [3.8, 4) is 51.0 Å². The van der Waals surface area contributed by atoms with Crippen LogP contribution in [-0.4, -0.2) is 121 Å². The molecule has 0 spiro atoms. The lowest BCUT2D eigenvalue weighted by Crippen LogP contribution is -2.51. The van der Waals surface area contributed by atoms with Crippen LogP contribution >= 0.6 is 59.4 Å². The van der Waals surface area contributed by atoms with Crippen molar-refractivity contribution in [1.82, 2.24) is 13.4 Å². The molecule has 0 radical (unpaired) electrons. The lowest BCUT2D eigenvalue weighted by atomic mass is 9.80. The van der Waals surface area contributed by atoms with Gasteiger partial charge in [-0.25, -0.2) is 0 Å². The van der Waals surface area contributed by atoms with Crippen LogP contribution < -0.4 is 73.3 Å². The van der Waals surface area contributed by atoms with Crippen molar-refractivity contribution in [3.05, 3.63) is 365 Å². The molecule has 0 aliphatic rings. The molecule has 36 heteroatoms. The van der Waals surface area contributed by atoms with Gasteiger partial charge < -0.3 is 91.4 Å². The highest BCUT2D eigenvalue weighted by molar-refractivity contribution is 9.11. The summed E-state index contributed by atoms with van der Waals surface area (Å²) in [6.07, 6.45) is 6.44. The number of benzene rings is 13. The van der Waals surface area contributed by atoms with Gasteiger partial charge in [0.1, 0.15) is 40.1 Å². The molecular formula is C112H122BBr3ClN13O16Si2. The van der Waals surface area contributed by atoms with Crippen LogP contribution in [0.25, 0.3) is 55.0 Å². The van der Waals surface area contributed by atoms with E-state index in [1.807, 2.05) is 79.0 Å². The Labute approximate surface area is 893 Å².